The van der Waals surface area contributed by atoms with Crippen molar-refractivity contribution in [2.45, 2.75) is 19.9 Å². The zero-order chi connectivity index (χ0) is 12.8. The van der Waals surface area contributed by atoms with Crippen LogP contribution in [0.25, 0.3) is 0 Å². The summed E-state index contributed by atoms with van der Waals surface area (Å²) in [4.78, 5) is 11.0. The standard InChI is InChI=1S/C12H16ClNO3/c1-3-17-7-8(2)14-11-5-4-9(13)6-10(11)12(15)16/h4-6,8,14H,3,7H2,1-2H3,(H,15,16). The number of carbonyl (C=O) groups is 1. The quantitative estimate of drug-likeness (QED) is 0.823. The maximum Gasteiger partial charge on any atom is 0.337 e. The fourth-order valence-corrected chi connectivity index (χ4v) is 1.59. The van der Waals surface area contributed by atoms with Crippen LogP contribution in [0.4, 0.5) is 5.69 Å². The first-order valence-corrected chi connectivity index (χ1v) is 5.79. The Morgan fingerprint density at radius 1 is 1.59 bits per heavy atom. The lowest BCUT2D eigenvalue weighted by Gasteiger charge is -2.16. The second kappa shape index (κ2) is 6.47. The molecule has 94 valence electrons. The van der Waals surface area contributed by atoms with E-state index in [0.29, 0.717) is 23.9 Å². The van der Waals surface area contributed by atoms with Crippen molar-refractivity contribution in [3.63, 3.8) is 0 Å². The predicted octanol–water partition coefficient (Wildman–Crippen LogP) is 2.88. The van der Waals surface area contributed by atoms with Crippen LogP contribution < -0.4 is 5.32 Å². The summed E-state index contributed by atoms with van der Waals surface area (Å²) in [6, 6.07) is 4.78. The van der Waals surface area contributed by atoms with Gasteiger partial charge < -0.3 is 15.2 Å². The lowest BCUT2D eigenvalue weighted by atomic mass is 10.1. The summed E-state index contributed by atoms with van der Waals surface area (Å²) in [5.74, 6) is -1.00. The van der Waals surface area contributed by atoms with Crippen LogP contribution in [0, 0.1) is 0 Å². The fraction of sp³-hybridized carbons (Fsp3) is 0.417. The normalized spacial score (nSPS) is 12.2. The summed E-state index contributed by atoms with van der Waals surface area (Å²) in [5, 5.41) is 12.5. The third kappa shape index (κ3) is 4.24. The molecule has 1 aromatic carbocycles. The minimum Gasteiger partial charge on any atom is -0.478 e. The van der Waals surface area contributed by atoms with Gasteiger partial charge in [0, 0.05) is 23.4 Å². The molecular formula is C12H16ClNO3. The first-order chi connectivity index (χ1) is 8.04. The van der Waals surface area contributed by atoms with Crippen molar-refractivity contribution in [3.8, 4) is 0 Å². The SMILES string of the molecule is CCOCC(C)Nc1ccc(Cl)cc1C(=O)O. The van der Waals surface area contributed by atoms with Gasteiger partial charge in [-0.25, -0.2) is 4.79 Å². The van der Waals surface area contributed by atoms with E-state index >= 15 is 0 Å². The molecule has 17 heavy (non-hydrogen) atoms. The number of hydrogen-bond acceptors (Lipinski definition) is 3. The van der Waals surface area contributed by atoms with Crippen molar-refractivity contribution < 1.29 is 14.6 Å². The number of aromatic carboxylic acids is 1. The number of halogens is 1. The van der Waals surface area contributed by atoms with E-state index in [9.17, 15) is 4.79 Å². The van der Waals surface area contributed by atoms with Crippen LogP contribution in [0.1, 0.15) is 24.2 Å². The summed E-state index contributed by atoms with van der Waals surface area (Å²) in [7, 11) is 0. The lowest BCUT2D eigenvalue weighted by molar-refractivity contribution is 0.0697. The number of ether oxygens (including phenoxy) is 1. The molecule has 0 heterocycles. The molecule has 1 unspecified atom stereocenters. The van der Waals surface area contributed by atoms with Crippen LogP contribution >= 0.6 is 11.6 Å². The van der Waals surface area contributed by atoms with Gasteiger partial charge in [-0.3, -0.25) is 0 Å². The van der Waals surface area contributed by atoms with Crippen LogP contribution in [-0.2, 0) is 4.74 Å². The fourth-order valence-electron chi connectivity index (χ4n) is 1.42. The van der Waals surface area contributed by atoms with Crippen molar-refractivity contribution in [1.82, 2.24) is 0 Å². The highest BCUT2D eigenvalue weighted by Gasteiger charge is 2.12. The predicted molar refractivity (Wildman–Crippen MR) is 68.0 cm³/mol. The lowest BCUT2D eigenvalue weighted by Crippen LogP contribution is -2.23. The van der Waals surface area contributed by atoms with Crippen molar-refractivity contribution in [2.75, 3.05) is 18.5 Å². The van der Waals surface area contributed by atoms with E-state index < -0.39 is 5.97 Å². The third-order valence-corrected chi connectivity index (χ3v) is 2.42. The van der Waals surface area contributed by atoms with Gasteiger partial charge in [0.1, 0.15) is 0 Å². The van der Waals surface area contributed by atoms with E-state index in [2.05, 4.69) is 5.32 Å². The van der Waals surface area contributed by atoms with Gasteiger partial charge in [-0.15, -0.1) is 0 Å². The van der Waals surface area contributed by atoms with E-state index in [1.54, 1.807) is 12.1 Å². The van der Waals surface area contributed by atoms with E-state index in [1.165, 1.54) is 6.07 Å². The Bertz CT molecular complexity index is 395. The van der Waals surface area contributed by atoms with E-state index in [1.807, 2.05) is 13.8 Å². The van der Waals surface area contributed by atoms with Crippen LogP contribution in [0.3, 0.4) is 0 Å². The van der Waals surface area contributed by atoms with Gasteiger partial charge in [-0.05, 0) is 32.0 Å². The zero-order valence-electron chi connectivity index (χ0n) is 9.87. The highest BCUT2D eigenvalue weighted by molar-refractivity contribution is 6.31. The first kappa shape index (κ1) is 13.8. The zero-order valence-corrected chi connectivity index (χ0v) is 10.6. The van der Waals surface area contributed by atoms with Crippen LogP contribution in [-0.4, -0.2) is 30.3 Å². The Kier molecular flexibility index (Phi) is 5.25. The number of rotatable bonds is 6. The van der Waals surface area contributed by atoms with Crippen molar-refractivity contribution >= 4 is 23.3 Å². The molecule has 0 fully saturated rings. The average molecular weight is 258 g/mol. The molecule has 0 aliphatic heterocycles. The second-order valence-electron chi connectivity index (χ2n) is 3.70. The Morgan fingerprint density at radius 3 is 2.88 bits per heavy atom. The highest BCUT2D eigenvalue weighted by Crippen LogP contribution is 2.21. The number of carboxylic acid groups (broad SMARTS) is 1. The monoisotopic (exact) mass is 257 g/mol. The van der Waals surface area contributed by atoms with Gasteiger partial charge in [-0.1, -0.05) is 11.6 Å². The number of carboxylic acids is 1. The molecule has 0 saturated carbocycles. The molecule has 5 heteroatoms. The topological polar surface area (TPSA) is 58.6 Å². The van der Waals surface area contributed by atoms with E-state index in [4.69, 9.17) is 21.4 Å². The number of hydrogen-bond donors (Lipinski definition) is 2. The van der Waals surface area contributed by atoms with Crippen LogP contribution in [0.15, 0.2) is 18.2 Å². The minimum atomic E-state index is -1.00. The molecule has 0 aliphatic rings. The Balaban J connectivity index is 2.79. The smallest absolute Gasteiger partial charge is 0.337 e. The molecule has 0 spiro atoms. The molecule has 0 bridgehead atoms. The molecule has 1 atom stereocenters. The molecule has 0 aromatic heterocycles. The molecule has 1 rings (SSSR count). The van der Waals surface area contributed by atoms with Crippen LogP contribution in [0.2, 0.25) is 5.02 Å². The largest absolute Gasteiger partial charge is 0.478 e. The third-order valence-electron chi connectivity index (χ3n) is 2.19. The van der Waals surface area contributed by atoms with Gasteiger partial charge >= 0.3 is 5.97 Å². The first-order valence-electron chi connectivity index (χ1n) is 5.41. The van der Waals surface area contributed by atoms with E-state index in [-0.39, 0.29) is 11.6 Å². The van der Waals surface area contributed by atoms with Crippen molar-refractivity contribution in [3.05, 3.63) is 28.8 Å². The second-order valence-corrected chi connectivity index (χ2v) is 4.14. The Morgan fingerprint density at radius 2 is 2.29 bits per heavy atom. The van der Waals surface area contributed by atoms with Crippen molar-refractivity contribution in [1.29, 1.82) is 0 Å². The summed E-state index contributed by atoms with van der Waals surface area (Å²) in [6.45, 7) is 5.00. The summed E-state index contributed by atoms with van der Waals surface area (Å²) in [6.07, 6.45) is 0. The van der Waals surface area contributed by atoms with Crippen LogP contribution in [0.5, 0.6) is 0 Å². The van der Waals surface area contributed by atoms with Crippen molar-refractivity contribution in [2.24, 2.45) is 0 Å². The highest BCUT2D eigenvalue weighted by atomic mass is 35.5. The van der Waals surface area contributed by atoms with Gasteiger partial charge in [0.15, 0.2) is 0 Å². The number of nitrogens with one attached hydrogen (secondary N) is 1. The molecule has 0 saturated heterocycles. The maximum atomic E-state index is 11.0. The Labute approximate surface area is 106 Å². The Hall–Kier alpha value is -1.26. The number of benzene rings is 1. The maximum absolute atomic E-state index is 11.0. The molecule has 2 N–H and O–H groups in total. The van der Waals surface area contributed by atoms with Gasteiger partial charge in [0.05, 0.1) is 12.2 Å². The summed E-state index contributed by atoms with van der Waals surface area (Å²) < 4.78 is 5.26. The summed E-state index contributed by atoms with van der Waals surface area (Å²) in [5.41, 5.74) is 0.718. The molecule has 4 nitrogen and oxygen atoms in total. The molecule has 1 aromatic rings. The summed E-state index contributed by atoms with van der Waals surface area (Å²) >= 11 is 5.77. The molecule has 0 aliphatic carbocycles. The molecule has 0 amide bonds. The van der Waals surface area contributed by atoms with E-state index in [0.717, 1.165) is 0 Å². The minimum absolute atomic E-state index is 0.0363. The van der Waals surface area contributed by atoms with Gasteiger partial charge in [0.25, 0.3) is 0 Å². The molecular weight excluding hydrogens is 242 g/mol. The van der Waals surface area contributed by atoms with Gasteiger partial charge in [-0.2, -0.15) is 0 Å². The number of anilines is 1. The van der Waals surface area contributed by atoms with Gasteiger partial charge in [0.2, 0.25) is 0 Å². The average Bonchev–Trinajstić information content (AvgIpc) is 2.28. The molecule has 0 radical (unpaired) electrons.